The summed E-state index contributed by atoms with van der Waals surface area (Å²) in [5.74, 6) is -0.0464. The fourth-order valence-corrected chi connectivity index (χ4v) is 2.98. The summed E-state index contributed by atoms with van der Waals surface area (Å²) < 4.78 is 5.42. The molecule has 104 valence electrons. The van der Waals surface area contributed by atoms with Gasteiger partial charge in [0.15, 0.2) is 5.69 Å². The quantitative estimate of drug-likeness (QED) is 0.801. The molecule has 2 N–H and O–H groups in total. The first kappa shape index (κ1) is 12.7. The zero-order valence-electron chi connectivity index (χ0n) is 11.2. The molecule has 0 bridgehead atoms. The number of nitrogens with one attached hydrogen (secondary N) is 2. The number of carbonyl (C=O) groups excluding carboxylic acids is 1. The number of rotatable bonds is 2. The molecular weight excluding hydrogens is 242 g/mol. The third kappa shape index (κ3) is 2.81. The van der Waals surface area contributed by atoms with Crippen LogP contribution in [0.3, 0.4) is 0 Å². The second-order valence-corrected chi connectivity index (χ2v) is 5.49. The van der Waals surface area contributed by atoms with E-state index in [1.807, 2.05) is 0 Å². The van der Waals surface area contributed by atoms with Gasteiger partial charge in [0.05, 0.1) is 13.2 Å². The number of ether oxygens (including phenoxy) is 1. The molecule has 0 radical (unpaired) electrons. The molecule has 5 heteroatoms. The minimum Gasteiger partial charge on any atom is -0.376 e. The SMILES string of the molecule is O=C(NC1CCCCCC1)c1n[nH]c2c1COCC2. The van der Waals surface area contributed by atoms with Crippen LogP contribution in [0.5, 0.6) is 0 Å². The van der Waals surface area contributed by atoms with E-state index in [2.05, 4.69) is 15.5 Å². The Morgan fingerprint density at radius 3 is 2.84 bits per heavy atom. The Morgan fingerprint density at radius 2 is 2.05 bits per heavy atom. The van der Waals surface area contributed by atoms with Crippen molar-refractivity contribution in [1.29, 1.82) is 0 Å². The van der Waals surface area contributed by atoms with Gasteiger partial charge in [-0.1, -0.05) is 25.7 Å². The third-order valence-corrected chi connectivity index (χ3v) is 4.10. The largest absolute Gasteiger partial charge is 0.376 e. The van der Waals surface area contributed by atoms with Crippen LogP contribution in [-0.2, 0) is 17.8 Å². The summed E-state index contributed by atoms with van der Waals surface area (Å²) in [7, 11) is 0. The lowest BCUT2D eigenvalue weighted by molar-refractivity contribution is 0.0906. The minimum atomic E-state index is -0.0464. The lowest BCUT2D eigenvalue weighted by Crippen LogP contribution is -2.35. The fraction of sp³-hybridized carbons (Fsp3) is 0.714. The molecule has 1 fully saturated rings. The maximum Gasteiger partial charge on any atom is 0.272 e. The van der Waals surface area contributed by atoms with E-state index in [-0.39, 0.29) is 5.91 Å². The molecule has 1 amide bonds. The summed E-state index contributed by atoms with van der Waals surface area (Å²) >= 11 is 0. The van der Waals surface area contributed by atoms with Gasteiger partial charge in [-0.3, -0.25) is 9.89 Å². The van der Waals surface area contributed by atoms with Crippen LogP contribution in [0.2, 0.25) is 0 Å². The number of hydrogen-bond acceptors (Lipinski definition) is 3. The number of aromatic nitrogens is 2. The van der Waals surface area contributed by atoms with Crippen molar-refractivity contribution in [3.05, 3.63) is 17.0 Å². The summed E-state index contributed by atoms with van der Waals surface area (Å²) in [5, 5.41) is 10.3. The van der Waals surface area contributed by atoms with E-state index in [1.165, 1.54) is 25.7 Å². The molecule has 1 aliphatic carbocycles. The Kier molecular flexibility index (Phi) is 3.82. The van der Waals surface area contributed by atoms with Crippen LogP contribution in [0.1, 0.15) is 60.3 Å². The number of carbonyl (C=O) groups is 1. The molecule has 1 aliphatic heterocycles. The van der Waals surface area contributed by atoms with Gasteiger partial charge in [-0.25, -0.2) is 0 Å². The Labute approximate surface area is 113 Å². The van der Waals surface area contributed by atoms with Gasteiger partial charge in [0.25, 0.3) is 5.91 Å². The molecule has 0 aromatic carbocycles. The van der Waals surface area contributed by atoms with Crippen LogP contribution in [0.4, 0.5) is 0 Å². The van der Waals surface area contributed by atoms with Crippen molar-refractivity contribution in [1.82, 2.24) is 15.5 Å². The highest BCUT2D eigenvalue weighted by atomic mass is 16.5. The van der Waals surface area contributed by atoms with Gasteiger partial charge >= 0.3 is 0 Å². The van der Waals surface area contributed by atoms with E-state index in [9.17, 15) is 4.79 Å². The highest BCUT2D eigenvalue weighted by Gasteiger charge is 2.24. The molecule has 3 rings (SSSR count). The number of aromatic amines is 1. The normalized spacial score (nSPS) is 20.6. The fourth-order valence-electron chi connectivity index (χ4n) is 2.98. The summed E-state index contributed by atoms with van der Waals surface area (Å²) in [4.78, 5) is 12.3. The van der Waals surface area contributed by atoms with Crippen molar-refractivity contribution in [2.45, 2.75) is 57.6 Å². The predicted octanol–water partition coefficient (Wildman–Crippen LogP) is 1.93. The molecule has 0 unspecified atom stereocenters. The van der Waals surface area contributed by atoms with Crippen molar-refractivity contribution in [2.75, 3.05) is 6.61 Å². The van der Waals surface area contributed by atoms with Crippen molar-refractivity contribution in [2.24, 2.45) is 0 Å². The maximum absolute atomic E-state index is 12.3. The first-order valence-corrected chi connectivity index (χ1v) is 7.29. The van der Waals surface area contributed by atoms with Gasteiger partial charge in [0.2, 0.25) is 0 Å². The van der Waals surface area contributed by atoms with Crippen molar-refractivity contribution < 1.29 is 9.53 Å². The molecule has 2 heterocycles. The molecular formula is C14H21N3O2. The summed E-state index contributed by atoms with van der Waals surface area (Å²) in [6.07, 6.45) is 8.01. The van der Waals surface area contributed by atoms with Gasteiger partial charge in [0, 0.05) is 23.7 Å². The average Bonchev–Trinajstić information content (AvgIpc) is 2.70. The summed E-state index contributed by atoms with van der Waals surface area (Å²) in [5.41, 5.74) is 2.52. The molecule has 5 nitrogen and oxygen atoms in total. The monoisotopic (exact) mass is 263 g/mol. The van der Waals surface area contributed by atoms with Gasteiger partial charge in [0.1, 0.15) is 0 Å². The molecule has 1 aromatic rings. The molecule has 0 atom stereocenters. The molecule has 0 spiro atoms. The van der Waals surface area contributed by atoms with Crippen molar-refractivity contribution in [3.8, 4) is 0 Å². The number of H-pyrrole nitrogens is 1. The van der Waals surface area contributed by atoms with Crippen molar-refractivity contribution >= 4 is 5.91 Å². The van der Waals surface area contributed by atoms with Gasteiger partial charge in [-0.2, -0.15) is 5.10 Å². The lowest BCUT2D eigenvalue weighted by atomic mass is 10.1. The third-order valence-electron chi connectivity index (χ3n) is 4.10. The predicted molar refractivity (Wildman–Crippen MR) is 70.9 cm³/mol. The Balaban J connectivity index is 1.68. The lowest BCUT2D eigenvalue weighted by Gasteiger charge is -2.17. The van der Waals surface area contributed by atoms with Crippen LogP contribution in [0, 0.1) is 0 Å². The van der Waals surface area contributed by atoms with E-state index in [0.717, 1.165) is 30.5 Å². The van der Waals surface area contributed by atoms with Crippen LogP contribution < -0.4 is 5.32 Å². The number of amides is 1. The van der Waals surface area contributed by atoms with E-state index >= 15 is 0 Å². The second-order valence-electron chi connectivity index (χ2n) is 5.49. The molecule has 1 saturated carbocycles. The molecule has 2 aliphatic rings. The Morgan fingerprint density at radius 1 is 1.26 bits per heavy atom. The van der Waals surface area contributed by atoms with E-state index in [0.29, 0.717) is 24.9 Å². The number of fused-ring (bicyclic) bond motifs is 1. The summed E-state index contributed by atoms with van der Waals surface area (Å²) in [6.45, 7) is 1.21. The molecule has 1 aromatic heterocycles. The first-order valence-electron chi connectivity index (χ1n) is 7.29. The number of nitrogens with zero attached hydrogens (tertiary/aromatic N) is 1. The van der Waals surface area contributed by atoms with Crippen LogP contribution in [-0.4, -0.2) is 28.8 Å². The van der Waals surface area contributed by atoms with E-state index in [1.54, 1.807) is 0 Å². The average molecular weight is 263 g/mol. The van der Waals surface area contributed by atoms with Crippen LogP contribution in [0.25, 0.3) is 0 Å². The molecule has 19 heavy (non-hydrogen) atoms. The minimum absolute atomic E-state index is 0.0464. The second kappa shape index (κ2) is 5.74. The van der Waals surface area contributed by atoms with Crippen molar-refractivity contribution in [3.63, 3.8) is 0 Å². The standard InChI is InChI=1S/C14H21N3O2/c18-14(15-10-5-3-1-2-4-6-10)13-11-9-19-8-7-12(11)16-17-13/h10H,1-9H2,(H,15,18)(H,16,17). The van der Waals surface area contributed by atoms with Crippen LogP contribution in [0.15, 0.2) is 0 Å². The van der Waals surface area contributed by atoms with Gasteiger partial charge in [-0.15, -0.1) is 0 Å². The smallest absolute Gasteiger partial charge is 0.272 e. The van der Waals surface area contributed by atoms with Crippen LogP contribution >= 0.6 is 0 Å². The Hall–Kier alpha value is -1.36. The first-order chi connectivity index (χ1) is 9.34. The summed E-state index contributed by atoms with van der Waals surface area (Å²) in [6, 6.07) is 0.312. The van der Waals surface area contributed by atoms with Gasteiger partial charge in [-0.05, 0) is 12.8 Å². The van der Waals surface area contributed by atoms with E-state index in [4.69, 9.17) is 4.74 Å². The highest BCUT2D eigenvalue weighted by Crippen LogP contribution is 2.20. The topological polar surface area (TPSA) is 67.0 Å². The zero-order chi connectivity index (χ0) is 13.1. The van der Waals surface area contributed by atoms with Gasteiger partial charge < -0.3 is 10.1 Å². The highest BCUT2D eigenvalue weighted by molar-refractivity contribution is 5.94. The molecule has 0 saturated heterocycles. The zero-order valence-corrected chi connectivity index (χ0v) is 11.2. The number of hydrogen-bond donors (Lipinski definition) is 2. The maximum atomic E-state index is 12.3. The Bertz CT molecular complexity index is 448. The van der Waals surface area contributed by atoms with E-state index < -0.39 is 0 Å².